The molecule has 1 nitrogen and oxygen atoms in total. The summed E-state index contributed by atoms with van der Waals surface area (Å²) in [4.78, 5) is 0. The summed E-state index contributed by atoms with van der Waals surface area (Å²) in [7, 11) is 1.59. The first kappa shape index (κ1) is 17.8. The van der Waals surface area contributed by atoms with E-state index in [-0.39, 0.29) is 0 Å². The maximum atomic E-state index is 4.79. The van der Waals surface area contributed by atoms with Crippen LogP contribution in [0.5, 0.6) is 0 Å². The van der Waals surface area contributed by atoms with Crippen molar-refractivity contribution in [2.45, 2.75) is 0 Å². The Morgan fingerprint density at radius 2 is 1.53 bits per heavy atom. The molecule has 0 fully saturated rings. The zero-order valence-corrected chi connectivity index (χ0v) is 11.8. The number of rotatable bonds is 6. The quantitative estimate of drug-likeness (QED) is 0.490. The van der Waals surface area contributed by atoms with Crippen molar-refractivity contribution in [3.63, 3.8) is 0 Å². The summed E-state index contributed by atoms with van der Waals surface area (Å²) >= 11 is 3.15. The lowest BCUT2D eigenvalue weighted by atomic mass is 10.4. The normalized spacial score (nSPS) is 10.0. The molecule has 0 rings (SSSR count). The second kappa shape index (κ2) is 14.5. The van der Waals surface area contributed by atoms with Crippen LogP contribution in [0.4, 0.5) is 0 Å². The minimum Gasteiger partial charge on any atom is -0.497 e. The van der Waals surface area contributed by atoms with Crippen LogP contribution in [0.15, 0.2) is 85.2 Å². The largest absolute Gasteiger partial charge is 0.497 e. The van der Waals surface area contributed by atoms with Gasteiger partial charge in [0.05, 0.1) is 7.11 Å². The third-order valence-electron chi connectivity index (χ3n) is 1.32. The lowest BCUT2D eigenvalue weighted by molar-refractivity contribution is 0.309. The Balaban J connectivity index is 0. The standard InChI is InChI=1S/C9H12O.C6H7Br/c1-4-5-6-7-8-9(2)10-3;1-3-4-5-6(2)7/h4-8H,1-2H2,3H3;3-5H,1-2H2/b6-5+,8-7-;5-4-. The van der Waals surface area contributed by atoms with Crippen LogP contribution in [0.25, 0.3) is 0 Å². The van der Waals surface area contributed by atoms with E-state index in [4.69, 9.17) is 4.74 Å². The Bertz CT molecular complexity index is 333. The van der Waals surface area contributed by atoms with E-state index in [1.807, 2.05) is 30.4 Å². The van der Waals surface area contributed by atoms with Gasteiger partial charge in [-0.25, -0.2) is 0 Å². The fourth-order valence-electron chi connectivity index (χ4n) is 0.546. The third-order valence-corrected chi connectivity index (χ3v) is 1.58. The van der Waals surface area contributed by atoms with Crippen molar-refractivity contribution < 1.29 is 4.74 Å². The monoisotopic (exact) mass is 294 g/mol. The van der Waals surface area contributed by atoms with Crippen molar-refractivity contribution in [3.8, 4) is 0 Å². The van der Waals surface area contributed by atoms with Crippen molar-refractivity contribution in [2.24, 2.45) is 0 Å². The minimum atomic E-state index is 0.647. The van der Waals surface area contributed by atoms with Crippen molar-refractivity contribution in [1.82, 2.24) is 0 Å². The van der Waals surface area contributed by atoms with E-state index in [1.54, 1.807) is 25.3 Å². The van der Waals surface area contributed by atoms with Crippen LogP contribution in [0, 0.1) is 0 Å². The van der Waals surface area contributed by atoms with E-state index in [2.05, 4.69) is 42.2 Å². The SMILES string of the molecule is C=C/C=C/C=C\C(=C)OC.C=C/C=C\C(=C)Br. The van der Waals surface area contributed by atoms with E-state index in [1.165, 1.54) is 0 Å². The summed E-state index contributed by atoms with van der Waals surface area (Å²) in [6.45, 7) is 14.2. The Kier molecular flexibility index (Phi) is 15.2. The van der Waals surface area contributed by atoms with Gasteiger partial charge in [-0.15, -0.1) is 0 Å². The van der Waals surface area contributed by atoms with E-state index >= 15 is 0 Å². The Morgan fingerprint density at radius 3 is 1.88 bits per heavy atom. The van der Waals surface area contributed by atoms with E-state index in [9.17, 15) is 0 Å². The topological polar surface area (TPSA) is 9.23 Å². The maximum Gasteiger partial charge on any atom is 0.111 e. The molecular formula is C15H19BrO. The predicted molar refractivity (Wildman–Crippen MR) is 82.0 cm³/mol. The maximum absolute atomic E-state index is 4.79. The molecular weight excluding hydrogens is 276 g/mol. The Hall–Kier alpha value is -1.54. The first-order valence-electron chi connectivity index (χ1n) is 4.90. The van der Waals surface area contributed by atoms with Gasteiger partial charge in [-0.05, 0) is 12.2 Å². The minimum absolute atomic E-state index is 0.647. The smallest absolute Gasteiger partial charge is 0.111 e. The molecule has 0 bridgehead atoms. The number of ether oxygens (including phenoxy) is 1. The van der Waals surface area contributed by atoms with Gasteiger partial charge in [0.15, 0.2) is 0 Å². The average Bonchev–Trinajstić information content (AvgIpc) is 2.32. The van der Waals surface area contributed by atoms with Crippen LogP contribution >= 0.6 is 15.9 Å². The van der Waals surface area contributed by atoms with Gasteiger partial charge in [-0.1, -0.05) is 78.7 Å². The zero-order chi connectivity index (χ0) is 13.5. The molecule has 0 spiro atoms. The third kappa shape index (κ3) is 20.5. The summed E-state index contributed by atoms with van der Waals surface area (Å²) in [5.41, 5.74) is 0. The van der Waals surface area contributed by atoms with Gasteiger partial charge in [-0.2, -0.15) is 0 Å². The fraction of sp³-hybridized carbons (Fsp3) is 0.0667. The lowest BCUT2D eigenvalue weighted by Crippen LogP contribution is -1.75. The molecule has 0 amide bonds. The van der Waals surface area contributed by atoms with Crippen LogP contribution < -0.4 is 0 Å². The second-order valence-electron chi connectivity index (χ2n) is 2.69. The van der Waals surface area contributed by atoms with Crippen LogP contribution in [-0.2, 0) is 4.74 Å². The molecule has 0 saturated heterocycles. The fourth-order valence-corrected chi connectivity index (χ4v) is 0.699. The molecule has 0 radical (unpaired) electrons. The van der Waals surface area contributed by atoms with Crippen molar-refractivity contribution in [2.75, 3.05) is 7.11 Å². The second-order valence-corrected chi connectivity index (χ2v) is 3.71. The highest BCUT2D eigenvalue weighted by Gasteiger charge is 1.76. The molecule has 0 saturated carbocycles. The Morgan fingerprint density at radius 1 is 0.941 bits per heavy atom. The number of allylic oxidation sites excluding steroid dienone is 9. The van der Waals surface area contributed by atoms with E-state index in [0.29, 0.717) is 5.76 Å². The molecule has 0 aromatic rings. The van der Waals surface area contributed by atoms with Gasteiger partial charge in [0.1, 0.15) is 5.76 Å². The van der Waals surface area contributed by atoms with Gasteiger partial charge < -0.3 is 4.74 Å². The van der Waals surface area contributed by atoms with Crippen LogP contribution in [0.3, 0.4) is 0 Å². The number of hydrogen-bond donors (Lipinski definition) is 0. The van der Waals surface area contributed by atoms with Crippen molar-refractivity contribution in [1.29, 1.82) is 0 Å². The molecule has 0 unspecified atom stereocenters. The number of halogens is 1. The molecule has 0 aliphatic heterocycles. The van der Waals surface area contributed by atoms with Gasteiger partial charge in [0.2, 0.25) is 0 Å². The highest BCUT2D eigenvalue weighted by atomic mass is 79.9. The first-order valence-corrected chi connectivity index (χ1v) is 5.70. The molecule has 2 heteroatoms. The predicted octanol–water partition coefficient (Wildman–Crippen LogP) is 5.08. The first-order chi connectivity index (χ1) is 8.08. The van der Waals surface area contributed by atoms with Gasteiger partial charge in [0, 0.05) is 4.48 Å². The zero-order valence-electron chi connectivity index (χ0n) is 10.2. The van der Waals surface area contributed by atoms with Crippen molar-refractivity contribution in [3.05, 3.63) is 85.2 Å². The van der Waals surface area contributed by atoms with Crippen LogP contribution in [0.1, 0.15) is 0 Å². The van der Waals surface area contributed by atoms with E-state index < -0.39 is 0 Å². The molecule has 0 aliphatic rings. The number of hydrogen-bond acceptors (Lipinski definition) is 1. The molecule has 0 aromatic heterocycles. The van der Waals surface area contributed by atoms with Gasteiger partial charge in [-0.3, -0.25) is 0 Å². The highest BCUT2D eigenvalue weighted by Crippen LogP contribution is 2.00. The summed E-state index contributed by atoms with van der Waals surface area (Å²) in [6.07, 6.45) is 14.4. The molecule has 0 aromatic carbocycles. The molecule has 0 atom stereocenters. The summed E-state index contributed by atoms with van der Waals surface area (Å²) < 4.78 is 5.66. The molecule has 0 aliphatic carbocycles. The summed E-state index contributed by atoms with van der Waals surface area (Å²) in [5, 5.41) is 0. The molecule has 0 heterocycles. The summed E-state index contributed by atoms with van der Waals surface area (Å²) in [6, 6.07) is 0. The number of methoxy groups -OCH3 is 1. The average molecular weight is 295 g/mol. The van der Waals surface area contributed by atoms with Crippen LogP contribution in [-0.4, -0.2) is 7.11 Å². The molecule has 17 heavy (non-hydrogen) atoms. The van der Waals surface area contributed by atoms with Crippen molar-refractivity contribution >= 4 is 15.9 Å². The highest BCUT2D eigenvalue weighted by molar-refractivity contribution is 9.11. The molecule has 0 N–H and O–H groups in total. The van der Waals surface area contributed by atoms with Crippen LogP contribution in [0.2, 0.25) is 0 Å². The van der Waals surface area contributed by atoms with Gasteiger partial charge in [0.25, 0.3) is 0 Å². The lowest BCUT2D eigenvalue weighted by Gasteiger charge is -1.92. The Labute approximate surface area is 113 Å². The molecule has 92 valence electrons. The van der Waals surface area contributed by atoms with Gasteiger partial charge >= 0.3 is 0 Å². The summed E-state index contributed by atoms with van der Waals surface area (Å²) in [5.74, 6) is 0.647. The van der Waals surface area contributed by atoms with E-state index in [0.717, 1.165) is 4.48 Å².